The fourth-order valence-corrected chi connectivity index (χ4v) is 5.29. The molecule has 3 aromatic carbocycles. The number of fused-ring (bicyclic) bond motifs is 1. The van der Waals surface area contributed by atoms with Crippen molar-refractivity contribution < 1.29 is 13.2 Å². The van der Waals surface area contributed by atoms with Gasteiger partial charge in [-0.25, -0.2) is 8.42 Å². The van der Waals surface area contributed by atoms with Crippen LogP contribution in [0.25, 0.3) is 11.0 Å². The van der Waals surface area contributed by atoms with Gasteiger partial charge in [0.1, 0.15) is 22.0 Å². The lowest BCUT2D eigenvalue weighted by atomic mass is 10.1. The van der Waals surface area contributed by atoms with E-state index in [4.69, 9.17) is 11.6 Å². The molecule has 0 radical (unpaired) electrons. The van der Waals surface area contributed by atoms with Crippen molar-refractivity contribution in [1.29, 1.82) is 0 Å². The summed E-state index contributed by atoms with van der Waals surface area (Å²) in [5, 5.41) is 3.08. The first-order valence-corrected chi connectivity index (χ1v) is 11.8. The van der Waals surface area contributed by atoms with Crippen LogP contribution in [0.2, 0.25) is 5.02 Å². The second kappa shape index (κ2) is 8.72. The number of nitrogens with one attached hydrogen (secondary N) is 2. The molecule has 158 valence electrons. The molecule has 4 rings (SSSR count). The summed E-state index contributed by atoms with van der Waals surface area (Å²) in [7, 11) is -4.10. The van der Waals surface area contributed by atoms with Crippen molar-refractivity contribution >= 4 is 56.0 Å². The van der Waals surface area contributed by atoms with Crippen molar-refractivity contribution in [2.24, 2.45) is 0 Å². The van der Waals surface area contributed by atoms with Crippen molar-refractivity contribution in [3.8, 4) is 0 Å². The van der Waals surface area contributed by atoms with Gasteiger partial charge in [0, 0.05) is 0 Å². The predicted octanol–water partition coefficient (Wildman–Crippen LogP) is 4.31. The third-order valence-corrected chi connectivity index (χ3v) is 6.90. The Labute approximate surface area is 188 Å². The van der Waals surface area contributed by atoms with Crippen molar-refractivity contribution in [1.82, 2.24) is 13.5 Å². The van der Waals surface area contributed by atoms with Crippen LogP contribution >= 0.6 is 23.3 Å². The van der Waals surface area contributed by atoms with Crippen molar-refractivity contribution in [3.63, 3.8) is 0 Å². The summed E-state index contributed by atoms with van der Waals surface area (Å²) in [4.78, 5) is 13.1. The monoisotopic (exact) mass is 472 g/mol. The quantitative estimate of drug-likeness (QED) is 0.435. The number of sulfonamides is 1. The molecule has 0 saturated heterocycles. The summed E-state index contributed by atoms with van der Waals surface area (Å²) in [5.74, 6) is -0.566. The Morgan fingerprint density at radius 2 is 1.81 bits per heavy atom. The lowest BCUT2D eigenvalue weighted by Crippen LogP contribution is -2.37. The molecule has 1 amide bonds. The first-order valence-electron chi connectivity index (χ1n) is 9.21. The molecule has 0 aliphatic rings. The molecule has 0 fully saturated rings. The fourth-order valence-electron chi connectivity index (χ4n) is 3.06. The van der Waals surface area contributed by atoms with Crippen molar-refractivity contribution in [2.75, 3.05) is 5.32 Å². The molecule has 10 heteroatoms. The zero-order valence-corrected chi connectivity index (χ0v) is 18.6. The number of amides is 1. The normalized spacial score (nSPS) is 12.6. The topological polar surface area (TPSA) is 101 Å². The molecule has 0 bridgehead atoms. The Hall–Kier alpha value is -2.85. The number of aromatic nitrogens is 2. The number of anilines is 1. The van der Waals surface area contributed by atoms with Crippen LogP contribution in [-0.2, 0) is 14.8 Å². The number of benzene rings is 3. The lowest BCUT2D eigenvalue weighted by Gasteiger charge is -2.19. The molecular formula is C21H17ClN4O3S2. The summed E-state index contributed by atoms with van der Waals surface area (Å²) < 4.78 is 37.1. The van der Waals surface area contributed by atoms with E-state index in [0.717, 1.165) is 17.3 Å². The smallest absolute Gasteiger partial charge is 0.247 e. The van der Waals surface area contributed by atoms with Gasteiger partial charge in [0.05, 0.1) is 22.4 Å². The summed E-state index contributed by atoms with van der Waals surface area (Å²) >= 11 is 7.16. The molecule has 0 unspecified atom stereocenters. The first-order chi connectivity index (χ1) is 14.8. The molecule has 0 saturated carbocycles. The van der Waals surface area contributed by atoms with E-state index >= 15 is 0 Å². The highest BCUT2D eigenvalue weighted by atomic mass is 35.5. The molecule has 0 aliphatic carbocycles. The fraction of sp³-hybridized carbons (Fsp3) is 0.0952. The van der Waals surface area contributed by atoms with Crippen molar-refractivity contribution in [2.45, 2.75) is 17.9 Å². The van der Waals surface area contributed by atoms with E-state index in [1.807, 2.05) is 6.92 Å². The third-order valence-electron chi connectivity index (χ3n) is 4.59. The molecule has 1 aromatic heterocycles. The molecule has 0 aliphatic heterocycles. The second-order valence-electron chi connectivity index (χ2n) is 6.83. The molecule has 31 heavy (non-hydrogen) atoms. The SMILES string of the molecule is Cc1ccc(NC(=O)[C@@H](NS(=O)(=O)c2cccc3nsnc23)c2ccccc2)c(Cl)c1. The van der Waals surface area contributed by atoms with E-state index < -0.39 is 22.0 Å². The lowest BCUT2D eigenvalue weighted by molar-refractivity contribution is -0.117. The maximum Gasteiger partial charge on any atom is 0.247 e. The number of hydrogen-bond acceptors (Lipinski definition) is 6. The molecule has 1 heterocycles. The van der Waals surface area contributed by atoms with Crippen LogP contribution < -0.4 is 10.0 Å². The zero-order chi connectivity index (χ0) is 22.0. The Kier molecular flexibility index (Phi) is 6.01. The molecule has 1 atom stereocenters. The number of carbonyl (C=O) groups is 1. The van der Waals surface area contributed by atoms with Gasteiger partial charge in [-0.3, -0.25) is 4.79 Å². The van der Waals surface area contributed by atoms with E-state index in [-0.39, 0.29) is 10.4 Å². The Balaban J connectivity index is 1.70. The highest BCUT2D eigenvalue weighted by Gasteiger charge is 2.29. The summed E-state index contributed by atoms with van der Waals surface area (Å²) in [5.41, 5.74) is 2.54. The van der Waals surface area contributed by atoms with Crippen LogP contribution in [0, 0.1) is 6.92 Å². The average Bonchev–Trinajstić information content (AvgIpc) is 3.23. The van der Waals surface area contributed by atoms with E-state index in [1.165, 1.54) is 6.07 Å². The summed E-state index contributed by atoms with van der Waals surface area (Å²) in [6.45, 7) is 1.88. The molecular weight excluding hydrogens is 456 g/mol. The van der Waals surface area contributed by atoms with Crippen molar-refractivity contribution in [3.05, 3.63) is 82.9 Å². The van der Waals surface area contributed by atoms with Gasteiger partial charge in [0.15, 0.2) is 0 Å². The minimum atomic E-state index is -4.10. The summed E-state index contributed by atoms with van der Waals surface area (Å²) in [6, 6.07) is 17.3. The Morgan fingerprint density at radius 1 is 1.03 bits per heavy atom. The largest absolute Gasteiger partial charge is 0.323 e. The van der Waals surface area contributed by atoms with Crippen LogP contribution in [0.5, 0.6) is 0 Å². The molecule has 0 spiro atoms. The van der Waals surface area contributed by atoms with E-state index in [1.54, 1.807) is 60.7 Å². The van der Waals surface area contributed by atoms with E-state index in [2.05, 4.69) is 18.8 Å². The maximum absolute atomic E-state index is 13.2. The minimum Gasteiger partial charge on any atom is -0.323 e. The van der Waals surface area contributed by atoms with Gasteiger partial charge < -0.3 is 5.32 Å². The second-order valence-corrected chi connectivity index (χ2v) is 9.44. The number of rotatable bonds is 6. The van der Waals surface area contributed by atoms with Gasteiger partial charge in [-0.2, -0.15) is 13.5 Å². The van der Waals surface area contributed by atoms with E-state index in [0.29, 0.717) is 21.8 Å². The maximum atomic E-state index is 13.2. The number of halogens is 1. The first kappa shape index (κ1) is 21.4. The molecule has 4 aromatic rings. The van der Waals surface area contributed by atoms with Gasteiger partial charge in [0.2, 0.25) is 15.9 Å². The van der Waals surface area contributed by atoms with Crippen LogP contribution in [0.3, 0.4) is 0 Å². The van der Waals surface area contributed by atoms with Crippen LogP contribution in [-0.4, -0.2) is 23.1 Å². The highest BCUT2D eigenvalue weighted by molar-refractivity contribution is 7.89. The Bertz CT molecular complexity index is 1360. The van der Waals surface area contributed by atoms with Crippen LogP contribution in [0.4, 0.5) is 5.69 Å². The third kappa shape index (κ3) is 4.59. The van der Waals surface area contributed by atoms with Crippen LogP contribution in [0.1, 0.15) is 17.2 Å². The van der Waals surface area contributed by atoms with E-state index in [9.17, 15) is 13.2 Å². The average molecular weight is 473 g/mol. The van der Waals surface area contributed by atoms with Gasteiger partial charge in [-0.15, -0.1) is 0 Å². The number of aryl methyl sites for hydroxylation is 1. The van der Waals surface area contributed by atoms with Gasteiger partial charge in [-0.1, -0.05) is 54.1 Å². The van der Waals surface area contributed by atoms with Gasteiger partial charge >= 0.3 is 0 Å². The van der Waals surface area contributed by atoms with Gasteiger partial charge in [0.25, 0.3) is 0 Å². The highest BCUT2D eigenvalue weighted by Crippen LogP contribution is 2.27. The van der Waals surface area contributed by atoms with Crippen LogP contribution in [0.15, 0.2) is 71.6 Å². The summed E-state index contributed by atoms with van der Waals surface area (Å²) in [6.07, 6.45) is 0. The standard InChI is InChI=1S/C21H17ClN4O3S2/c1-13-10-11-16(15(22)12-13)23-21(27)19(14-6-3-2-4-7-14)26-31(28,29)18-9-5-8-17-20(18)25-30-24-17/h2-12,19,26H,1H3,(H,23,27)/t19-/m0/s1. The number of carbonyl (C=O) groups excluding carboxylic acids is 1. The number of nitrogens with zero attached hydrogens (tertiary/aromatic N) is 2. The predicted molar refractivity (Wildman–Crippen MR) is 122 cm³/mol. The minimum absolute atomic E-state index is 0.0409. The zero-order valence-electron chi connectivity index (χ0n) is 16.2. The molecule has 2 N–H and O–H groups in total. The number of hydrogen-bond donors (Lipinski definition) is 2. The molecule has 7 nitrogen and oxygen atoms in total. The van der Waals surface area contributed by atoms with Gasteiger partial charge in [-0.05, 0) is 42.3 Å². The Morgan fingerprint density at radius 3 is 2.55 bits per heavy atom.